The van der Waals surface area contributed by atoms with Gasteiger partial charge in [0.25, 0.3) is 0 Å². The minimum Gasteiger partial charge on any atom is -0.311 e. The largest absolute Gasteiger partial charge is 0.311 e. The van der Waals surface area contributed by atoms with Crippen molar-refractivity contribution in [3.8, 4) is 0 Å². The van der Waals surface area contributed by atoms with Gasteiger partial charge in [0, 0.05) is 24.7 Å². The van der Waals surface area contributed by atoms with Crippen LogP contribution in [0.2, 0.25) is 0 Å². The zero-order valence-corrected chi connectivity index (χ0v) is 14.6. The van der Waals surface area contributed by atoms with Crippen LogP contribution in [-0.4, -0.2) is 36.1 Å². The van der Waals surface area contributed by atoms with Crippen molar-refractivity contribution >= 4 is 0 Å². The van der Waals surface area contributed by atoms with Crippen LogP contribution in [0.15, 0.2) is 0 Å². The highest BCUT2D eigenvalue weighted by Gasteiger charge is 2.41. The highest BCUT2D eigenvalue weighted by atomic mass is 15.2. The molecule has 1 saturated heterocycles. The Bertz CT molecular complexity index is 338. The first-order valence-electron chi connectivity index (χ1n) is 9.47. The van der Waals surface area contributed by atoms with Gasteiger partial charge in [-0.05, 0) is 77.2 Å². The van der Waals surface area contributed by atoms with E-state index in [0.29, 0.717) is 5.41 Å². The smallest absolute Gasteiger partial charge is 0.0124 e. The first kappa shape index (κ1) is 15.8. The summed E-state index contributed by atoms with van der Waals surface area (Å²) in [6, 6.07) is 0.936. The Morgan fingerprint density at radius 2 is 1.71 bits per heavy atom. The van der Waals surface area contributed by atoms with Crippen molar-refractivity contribution in [3.63, 3.8) is 0 Å². The van der Waals surface area contributed by atoms with Crippen LogP contribution in [-0.2, 0) is 0 Å². The molecule has 0 aromatic rings. The van der Waals surface area contributed by atoms with Gasteiger partial charge in [-0.15, -0.1) is 0 Å². The number of hydrogen-bond donors (Lipinski definition) is 1. The fraction of sp³-hybridized carbons (Fsp3) is 1.00. The van der Waals surface area contributed by atoms with Crippen LogP contribution in [0.1, 0.15) is 78.6 Å². The molecule has 1 N–H and O–H groups in total. The molecule has 2 aliphatic carbocycles. The fourth-order valence-corrected chi connectivity index (χ4v) is 5.15. The summed E-state index contributed by atoms with van der Waals surface area (Å²) in [5.74, 6) is 1.03. The minimum absolute atomic E-state index is 0.257. The molecule has 21 heavy (non-hydrogen) atoms. The van der Waals surface area contributed by atoms with Gasteiger partial charge in [0.2, 0.25) is 0 Å². The Morgan fingerprint density at radius 3 is 2.43 bits per heavy atom. The van der Waals surface area contributed by atoms with E-state index in [2.05, 4.69) is 31.0 Å². The summed E-state index contributed by atoms with van der Waals surface area (Å²) in [6.45, 7) is 10.9. The van der Waals surface area contributed by atoms with Gasteiger partial charge in [0.15, 0.2) is 0 Å². The van der Waals surface area contributed by atoms with E-state index in [9.17, 15) is 0 Å². The topological polar surface area (TPSA) is 15.3 Å². The normalized spacial score (nSPS) is 33.3. The number of likely N-dealkylation sites (tertiary alicyclic amines) is 1. The minimum atomic E-state index is 0.257. The van der Waals surface area contributed by atoms with Gasteiger partial charge in [-0.25, -0.2) is 0 Å². The number of nitrogens with zero attached hydrogens (tertiary/aromatic N) is 1. The van der Waals surface area contributed by atoms with Crippen molar-refractivity contribution in [2.45, 2.75) is 90.1 Å². The van der Waals surface area contributed by atoms with Gasteiger partial charge in [0.05, 0.1) is 0 Å². The predicted molar refractivity (Wildman–Crippen MR) is 90.6 cm³/mol. The summed E-state index contributed by atoms with van der Waals surface area (Å²) in [4.78, 5) is 2.91. The maximum atomic E-state index is 3.83. The Labute approximate surface area is 132 Å². The maximum absolute atomic E-state index is 3.83. The van der Waals surface area contributed by atoms with Gasteiger partial charge < -0.3 is 5.32 Å². The monoisotopic (exact) mass is 292 g/mol. The van der Waals surface area contributed by atoms with Crippen molar-refractivity contribution in [2.75, 3.05) is 19.6 Å². The fourth-order valence-electron chi connectivity index (χ4n) is 5.15. The second-order valence-electron chi connectivity index (χ2n) is 9.18. The highest BCUT2D eigenvalue weighted by Crippen LogP contribution is 2.43. The molecular formula is C19H36N2. The molecule has 2 unspecified atom stereocenters. The Morgan fingerprint density at radius 1 is 1.00 bits per heavy atom. The summed E-state index contributed by atoms with van der Waals surface area (Å²) < 4.78 is 0. The number of hydrogen-bond acceptors (Lipinski definition) is 2. The standard InChI is InChI=1S/C19H36N2/c1-18(2,3)20-14-19(11-4-5-12-19)15-21-13-7-9-16-8-6-10-17(16)21/h16-17,20H,4-15H2,1-3H3. The molecule has 2 heteroatoms. The molecule has 0 aromatic carbocycles. The Hall–Kier alpha value is -0.0800. The molecule has 122 valence electrons. The van der Waals surface area contributed by atoms with Crippen LogP contribution >= 0.6 is 0 Å². The van der Waals surface area contributed by atoms with E-state index in [-0.39, 0.29) is 5.54 Å². The van der Waals surface area contributed by atoms with Crippen LogP contribution in [0.3, 0.4) is 0 Å². The van der Waals surface area contributed by atoms with E-state index in [4.69, 9.17) is 0 Å². The molecule has 1 heterocycles. The molecule has 3 aliphatic rings. The maximum Gasteiger partial charge on any atom is 0.0124 e. The van der Waals surface area contributed by atoms with Gasteiger partial charge in [-0.2, -0.15) is 0 Å². The average molecular weight is 293 g/mol. The predicted octanol–water partition coefficient (Wildman–Crippen LogP) is 4.20. The second-order valence-corrected chi connectivity index (χ2v) is 9.18. The first-order chi connectivity index (χ1) is 9.98. The van der Waals surface area contributed by atoms with E-state index in [1.165, 1.54) is 77.4 Å². The molecule has 2 atom stereocenters. The van der Waals surface area contributed by atoms with E-state index < -0.39 is 0 Å². The first-order valence-corrected chi connectivity index (χ1v) is 9.47. The molecular weight excluding hydrogens is 256 g/mol. The van der Waals surface area contributed by atoms with Gasteiger partial charge in [-0.3, -0.25) is 4.90 Å². The van der Waals surface area contributed by atoms with Gasteiger partial charge in [-0.1, -0.05) is 19.3 Å². The van der Waals surface area contributed by atoms with E-state index >= 15 is 0 Å². The van der Waals surface area contributed by atoms with E-state index in [1.807, 2.05) is 0 Å². The average Bonchev–Trinajstić information content (AvgIpc) is 3.05. The Kier molecular flexibility index (Phi) is 4.66. The van der Waals surface area contributed by atoms with Crippen molar-refractivity contribution in [1.29, 1.82) is 0 Å². The molecule has 3 rings (SSSR count). The zero-order valence-electron chi connectivity index (χ0n) is 14.6. The molecule has 2 nitrogen and oxygen atoms in total. The molecule has 2 saturated carbocycles. The lowest BCUT2D eigenvalue weighted by molar-refractivity contribution is 0.0571. The third kappa shape index (κ3) is 3.82. The van der Waals surface area contributed by atoms with E-state index in [0.717, 1.165) is 12.0 Å². The van der Waals surface area contributed by atoms with Gasteiger partial charge >= 0.3 is 0 Å². The molecule has 0 amide bonds. The lowest BCUT2D eigenvalue weighted by Crippen LogP contribution is -2.52. The molecule has 0 radical (unpaired) electrons. The highest BCUT2D eigenvalue weighted by molar-refractivity contribution is 4.96. The lowest BCUT2D eigenvalue weighted by atomic mass is 9.82. The number of fused-ring (bicyclic) bond motifs is 1. The van der Waals surface area contributed by atoms with Crippen LogP contribution < -0.4 is 5.32 Å². The summed E-state index contributed by atoms with van der Waals surface area (Å²) >= 11 is 0. The van der Waals surface area contributed by atoms with E-state index in [1.54, 1.807) is 0 Å². The molecule has 0 bridgehead atoms. The second kappa shape index (κ2) is 6.20. The van der Waals surface area contributed by atoms with Crippen molar-refractivity contribution in [1.82, 2.24) is 10.2 Å². The van der Waals surface area contributed by atoms with Crippen molar-refractivity contribution in [3.05, 3.63) is 0 Å². The summed E-state index contributed by atoms with van der Waals surface area (Å²) in [7, 11) is 0. The van der Waals surface area contributed by atoms with Crippen LogP contribution in [0.25, 0.3) is 0 Å². The van der Waals surface area contributed by atoms with Crippen molar-refractivity contribution < 1.29 is 0 Å². The van der Waals surface area contributed by atoms with Crippen LogP contribution in [0.4, 0.5) is 0 Å². The summed E-state index contributed by atoms with van der Waals surface area (Å²) in [6.07, 6.45) is 13.2. The molecule has 1 aliphatic heterocycles. The quantitative estimate of drug-likeness (QED) is 0.835. The van der Waals surface area contributed by atoms with Crippen LogP contribution in [0, 0.1) is 11.3 Å². The third-order valence-corrected chi connectivity index (χ3v) is 6.30. The number of nitrogens with one attached hydrogen (secondary N) is 1. The molecule has 0 spiro atoms. The van der Waals surface area contributed by atoms with Crippen LogP contribution in [0.5, 0.6) is 0 Å². The molecule has 3 fully saturated rings. The number of rotatable bonds is 4. The summed E-state index contributed by atoms with van der Waals surface area (Å²) in [5, 5.41) is 3.83. The number of piperidine rings is 1. The third-order valence-electron chi connectivity index (χ3n) is 6.30. The lowest BCUT2D eigenvalue weighted by Gasteiger charge is -2.44. The SMILES string of the molecule is CC(C)(C)NCC1(CN2CCCC3CCCC32)CCCC1. The van der Waals surface area contributed by atoms with Crippen molar-refractivity contribution in [2.24, 2.45) is 11.3 Å². The zero-order chi connectivity index (χ0) is 14.9. The molecule has 0 aromatic heterocycles. The Balaban J connectivity index is 1.64. The summed E-state index contributed by atoms with van der Waals surface area (Å²) in [5.41, 5.74) is 0.825. The van der Waals surface area contributed by atoms with Gasteiger partial charge in [0.1, 0.15) is 0 Å².